The number of methoxy groups -OCH3 is 1. The Bertz CT molecular complexity index is 407. The van der Waals surface area contributed by atoms with Gasteiger partial charge in [0.1, 0.15) is 4.88 Å². The predicted molar refractivity (Wildman–Crippen MR) is 78.8 cm³/mol. The summed E-state index contributed by atoms with van der Waals surface area (Å²) in [5.41, 5.74) is 0. The minimum absolute atomic E-state index is 0.0797. The second-order valence-corrected chi connectivity index (χ2v) is 5.86. The van der Waals surface area contributed by atoms with Crippen LogP contribution in [0.1, 0.15) is 27.9 Å². The molecule has 0 fully saturated rings. The summed E-state index contributed by atoms with van der Waals surface area (Å²) in [6, 6.07) is 0. The lowest BCUT2D eigenvalue weighted by Crippen LogP contribution is -2.31. The van der Waals surface area contributed by atoms with Gasteiger partial charge in [0.15, 0.2) is 5.75 Å². The van der Waals surface area contributed by atoms with Crippen molar-refractivity contribution in [3.05, 3.63) is 14.2 Å². The third-order valence-electron chi connectivity index (χ3n) is 2.39. The van der Waals surface area contributed by atoms with Crippen LogP contribution in [0.2, 0.25) is 0 Å². The van der Waals surface area contributed by atoms with E-state index in [1.165, 1.54) is 11.3 Å². The fourth-order valence-corrected chi connectivity index (χ4v) is 3.15. The second-order valence-electron chi connectivity index (χ2n) is 3.84. The molecule has 6 heteroatoms. The first-order valence-electron chi connectivity index (χ1n) is 5.93. The van der Waals surface area contributed by atoms with Crippen LogP contribution in [0.4, 0.5) is 0 Å². The molecular formula is C12H19BrN2O2S. The van der Waals surface area contributed by atoms with E-state index in [0.717, 1.165) is 28.9 Å². The van der Waals surface area contributed by atoms with Gasteiger partial charge in [-0.1, -0.05) is 6.92 Å². The van der Waals surface area contributed by atoms with Crippen molar-refractivity contribution in [3.8, 4) is 5.75 Å². The van der Waals surface area contributed by atoms with Crippen molar-refractivity contribution in [2.75, 3.05) is 26.7 Å². The Kier molecular flexibility index (Phi) is 6.67. The van der Waals surface area contributed by atoms with Gasteiger partial charge in [0.05, 0.1) is 11.6 Å². The monoisotopic (exact) mass is 334 g/mol. The van der Waals surface area contributed by atoms with Gasteiger partial charge in [-0.05, 0) is 35.8 Å². The number of carbonyl (C=O) groups is 1. The average Bonchev–Trinajstić information content (AvgIpc) is 2.65. The van der Waals surface area contributed by atoms with Crippen molar-refractivity contribution in [2.45, 2.75) is 20.3 Å². The van der Waals surface area contributed by atoms with Crippen LogP contribution >= 0.6 is 27.3 Å². The van der Waals surface area contributed by atoms with Crippen molar-refractivity contribution >= 4 is 33.2 Å². The fourth-order valence-electron chi connectivity index (χ4n) is 1.48. The smallest absolute Gasteiger partial charge is 0.265 e. The summed E-state index contributed by atoms with van der Waals surface area (Å²) in [5.74, 6) is 0.542. The number of hydrogen-bond donors (Lipinski definition) is 2. The molecule has 0 unspecified atom stereocenters. The lowest BCUT2D eigenvalue weighted by atomic mass is 10.3. The van der Waals surface area contributed by atoms with Gasteiger partial charge in [-0.25, -0.2) is 0 Å². The molecule has 0 saturated heterocycles. The van der Waals surface area contributed by atoms with E-state index < -0.39 is 0 Å². The average molecular weight is 335 g/mol. The number of hydrogen-bond acceptors (Lipinski definition) is 4. The Balaban J connectivity index is 2.54. The van der Waals surface area contributed by atoms with Crippen LogP contribution in [0, 0.1) is 6.92 Å². The maximum absolute atomic E-state index is 12.0. The molecule has 1 aromatic heterocycles. The molecule has 1 aromatic rings. The largest absolute Gasteiger partial charge is 0.494 e. The van der Waals surface area contributed by atoms with Crippen molar-refractivity contribution in [1.82, 2.24) is 10.6 Å². The molecule has 0 aromatic carbocycles. The lowest BCUT2D eigenvalue weighted by molar-refractivity contribution is 0.0955. The van der Waals surface area contributed by atoms with E-state index in [4.69, 9.17) is 4.74 Å². The third kappa shape index (κ3) is 3.96. The number of aryl methyl sites for hydroxylation is 1. The first kappa shape index (κ1) is 15.5. The van der Waals surface area contributed by atoms with Gasteiger partial charge in [0.2, 0.25) is 0 Å². The Hall–Kier alpha value is -0.590. The molecular weight excluding hydrogens is 316 g/mol. The number of thiophene rings is 1. The standard InChI is InChI=1S/C12H19BrN2O2S/c1-4-5-14-6-7-15-12(16)11-10(17-3)9(13)8(2)18-11/h14H,4-7H2,1-3H3,(H,15,16). The van der Waals surface area contributed by atoms with Gasteiger partial charge in [-0.3, -0.25) is 4.79 Å². The highest BCUT2D eigenvalue weighted by atomic mass is 79.9. The highest BCUT2D eigenvalue weighted by Crippen LogP contribution is 2.38. The molecule has 0 radical (unpaired) electrons. The van der Waals surface area contributed by atoms with E-state index in [0.29, 0.717) is 17.2 Å². The lowest BCUT2D eigenvalue weighted by Gasteiger charge is -2.06. The highest BCUT2D eigenvalue weighted by Gasteiger charge is 2.20. The molecule has 4 nitrogen and oxygen atoms in total. The Morgan fingerprint density at radius 2 is 2.11 bits per heavy atom. The molecule has 1 rings (SSSR count). The van der Waals surface area contributed by atoms with Gasteiger partial charge >= 0.3 is 0 Å². The number of ether oxygens (including phenoxy) is 1. The van der Waals surface area contributed by atoms with Crippen LogP contribution in [0.25, 0.3) is 0 Å². The number of amides is 1. The van der Waals surface area contributed by atoms with Crippen LogP contribution in [-0.4, -0.2) is 32.7 Å². The molecule has 0 aliphatic carbocycles. The summed E-state index contributed by atoms with van der Waals surface area (Å²) in [5, 5.41) is 6.12. The number of nitrogens with one attached hydrogen (secondary N) is 2. The third-order valence-corrected chi connectivity index (χ3v) is 4.70. The Morgan fingerprint density at radius 1 is 1.39 bits per heavy atom. The molecule has 1 heterocycles. The molecule has 102 valence electrons. The van der Waals surface area contributed by atoms with E-state index in [9.17, 15) is 4.79 Å². The van der Waals surface area contributed by atoms with E-state index in [1.807, 2.05) is 6.92 Å². The quantitative estimate of drug-likeness (QED) is 0.753. The summed E-state index contributed by atoms with van der Waals surface area (Å²) in [7, 11) is 1.58. The zero-order valence-corrected chi connectivity index (χ0v) is 13.3. The topological polar surface area (TPSA) is 50.4 Å². The van der Waals surface area contributed by atoms with Crippen molar-refractivity contribution in [3.63, 3.8) is 0 Å². The number of carbonyl (C=O) groups excluding carboxylic acids is 1. The maximum atomic E-state index is 12.0. The van der Waals surface area contributed by atoms with E-state index in [2.05, 4.69) is 33.5 Å². The molecule has 18 heavy (non-hydrogen) atoms. The van der Waals surface area contributed by atoms with Crippen molar-refractivity contribution in [1.29, 1.82) is 0 Å². The number of halogens is 1. The number of rotatable bonds is 7. The van der Waals surface area contributed by atoms with Crippen LogP contribution in [0.3, 0.4) is 0 Å². The molecule has 1 amide bonds. The minimum atomic E-state index is -0.0797. The summed E-state index contributed by atoms with van der Waals surface area (Å²) < 4.78 is 6.12. The molecule has 0 saturated carbocycles. The molecule has 0 atom stereocenters. The van der Waals surface area contributed by atoms with Crippen LogP contribution in [0.5, 0.6) is 5.75 Å². The van der Waals surface area contributed by atoms with Gasteiger partial charge in [0, 0.05) is 18.0 Å². The highest BCUT2D eigenvalue weighted by molar-refractivity contribution is 9.10. The van der Waals surface area contributed by atoms with Gasteiger partial charge in [0.25, 0.3) is 5.91 Å². The Morgan fingerprint density at radius 3 is 2.72 bits per heavy atom. The second kappa shape index (κ2) is 7.76. The van der Waals surface area contributed by atoms with Crippen molar-refractivity contribution in [2.24, 2.45) is 0 Å². The molecule has 0 spiro atoms. The van der Waals surface area contributed by atoms with Crippen LogP contribution < -0.4 is 15.4 Å². The maximum Gasteiger partial charge on any atom is 0.265 e. The van der Waals surface area contributed by atoms with Crippen LogP contribution in [-0.2, 0) is 0 Å². The first-order chi connectivity index (χ1) is 8.61. The first-order valence-corrected chi connectivity index (χ1v) is 7.54. The van der Waals surface area contributed by atoms with E-state index >= 15 is 0 Å². The molecule has 0 aliphatic rings. The van der Waals surface area contributed by atoms with Gasteiger partial charge in [-0.2, -0.15) is 0 Å². The van der Waals surface area contributed by atoms with Crippen LogP contribution in [0.15, 0.2) is 4.47 Å². The zero-order chi connectivity index (χ0) is 13.5. The zero-order valence-electron chi connectivity index (χ0n) is 10.9. The molecule has 0 bridgehead atoms. The fraction of sp³-hybridized carbons (Fsp3) is 0.583. The van der Waals surface area contributed by atoms with Gasteiger partial charge in [-0.15, -0.1) is 11.3 Å². The van der Waals surface area contributed by atoms with E-state index in [1.54, 1.807) is 7.11 Å². The molecule has 0 aliphatic heterocycles. The summed E-state index contributed by atoms with van der Waals surface area (Å²) in [6.45, 7) is 6.45. The summed E-state index contributed by atoms with van der Waals surface area (Å²) in [6.07, 6.45) is 1.10. The summed E-state index contributed by atoms with van der Waals surface area (Å²) in [4.78, 5) is 13.7. The SMILES string of the molecule is CCCNCCNC(=O)c1sc(C)c(Br)c1OC. The predicted octanol–water partition coefficient (Wildman–Crippen LogP) is 2.56. The summed E-state index contributed by atoms with van der Waals surface area (Å²) >= 11 is 4.86. The normalized spacial score (nSPS) is 10.4. The molecule has 2 N–H and O–H groups in total. The van der Waals surface area contributed by atoms with Gasteiger partial charge < -0.3 is 15.4 Å². The minimum Gasteiger partial charge on any atom is -0.494 e. The van der Waals surface area contributed by atoms with Crippen molar-refractivity contribution < 1.29 is 9.53 Å². The van der Waals surface area contributed by atoms with E-state index in [-0.39, 0.29) is 5.91 Å². The Labute approximate surface area is 120 Å².